The van der Waals surface area contributed by atoms with Crippen LogP contribution in [0.25, 0.3) is 0 Å². The molecule has 4 heteroatoms. The summed E-state index contributed by atoms with van der Waals surface area (Å²) in [6.07, 6.45) is 1.69. The first-order valence-corrected chi connectivity index (χ1v) is 7.31. The highest BCUT2D eigenvalue weighted by Crippen LogP contribution is 2.37. The average molecular weight is 341 g/mol. The van der Waals surface area contributed by atoms with Gasteiger partial charge in [0.05, 0.1) is 6.04 Å². The lowest BCUT2D eigenvalue weighted by molar-refractivity contribution is 0.612. The van der Waals surface area contributed by atoms with Gasteiger partial charge < -0.3 is 5.32 Å². The molecule has 3 rings (SSSR count). The summed E-state index contributed by atoms with van der Waals surface area (Å²) in [5, 5.41) is 4.14. The summed E-state index contributed by atoms with van der Waals surface area (Å²) in [7, 11) is 0. The van der Waals surface area contributed by atoms with E-state index in [1.807, 2.05) is 24.3 Å². The minimum atomic E-state index is -0.100. The fourth-order valence-electron chi connectivity index (χ4n) is 2.55. The Morgan fingerprint density at radius 3 is 2.89 bits per heavy atom. The topological polar surface area (TPSA) is 12.0 Å². The summed E-state index contributed by atoms with van der Waals surface area (Å²) < 4.78 is 14.6. The van der Waals surface area contributed by atoms with E-state index in [-0.39, 0.29) is 11.9 Å². The van der Waals surface area contributed by atoms with Crippen LogP contribution >= 0.6 is 27.5 Å². The van der Waals surface area contributed by atoms with Crippen molar-refractivity contribution < 1.29 is 4.39 Å². The smallest absolute Gasteiger partial charge is 0.126 e. The number of nitrogens with one attached hydrogen (secondary N) is 1. The maximum Gasteiger partial charge on any atom is 0.126 e. The molecule has 1 unspecified atom stereocenters. The second-order valence-corrected chi connectivity index (χ2v) is 5.96. The Hall–Kier alpha value is -1.06. The van der Waals surface area contributed by atoms with Gasteiger partial charge in [-0.3, -0.25) is 0 Å². The third kappa shape index (κ3) is 2.49. The van der Waals surface area contributed by atoms with Gasteiger partial charge in [-0.25, -0.2) is 4.39 Å². The number of benzene rings is 2. The highest BCUT2D eigenvalue weighted by molar-refractivity contribution is 9.10. The highest BCUT2D eigenvalue weighted by atomic mass is 79.9. The van der Waals surface area contributed by atoms with E-state index in [9.17, 15) is 4.39 Å². The number of anilines is 1. The molecule has 0 saturated heterocycles. The largest absolute Gasteiger partial charge is 0.377 e. The zero-order chi connectivity index (χ0) is 13.4. The fourth-order valence-corrected chi connectivity index (χ4v) is 3.35. The Labute approximate surface area is 124 Å². The number of fused-ring (bicyclic) bond motifs is 1. The zero-order valence-electron chi connectivity index (χ0n) is 10.1. The summed E-state index contributed by atoms with van der Waals surface area (Å²) in [5.74, 6) is -0.100. The van der Waals surface area contributed by atoms with Crippen molar-refractivity contribution >= 4 is 33.2 Å². The first kappa shape index (κ1) is 12.9. The van der Waals surface area contributed by atoms with Gasteiger partial charge in [0.15, 0.2) is 0 Å². The molecule has 0 saturated carbocycles. The van der Waals surface area contributed by atoms with Gasteiger partial charge in [0.1, 0.15) is 5.82 Å². The lowest BCUT2D eigenvalue weighted by atomic mass is 10.1. The van der Waals surface area contributed by atoms with E-state index in [0.717, 1.165) is 34.1 Å². The van der Waals surface area contributed by atoms with Crippen LogP contribution in [0.3, 0.4) is 0 Å². The van der Waals surface area contributed by atoms with E-state index in [1.165, 1.54) is 6.07 Å². The molecule has 2 aromatic rings. The first-order chi connectivity index (χ1) is 9.15. The van der Waals surface area contributed by atoms with Crippen molar-refractivity contribution in [3.8, 4) is 0 Å². The van der Waals surface area contributed by atoms with E-state index in [1.54, 1.807) is 6.07 Å². The van der Waals surface area contributed by atoms with Crippen molar-refractivity contribution in [2.45, 2.75) is 18.9 Å². The average Bonchev–Trinajstić information content (AvgIpc) is 2.78. The normalized spacial score (nSPS) is 17.3. The molecule has 0 amide bonds. The van der Waals surface area contributed by atoms with Crippen LogP contribution in [0.5, 0.6) is 0 Å². The van der Waals surface area contributed by atoms with Crippen molar-refractivity contribution in [2.75, 3.05) is 5.32 Å². The molecule has 1 aliphatic rings. The van der Waals surface area contributed by atoms with Gasteiger partial charge in [0.2, 0.25) is 0 Å². The molecule has 2 aromatic carbocycles. The van der Waals surface area contributed by atoms with Crippen LogP contribution in [0.2, 0.25) is 5.02 Å². The predicted octanol–water partition coefficient (Wildman–Crippen LogP) is 5.34. The van der Waals surface area contributed by atoms with Crippen LogP contribution in [0, 0.1) is 5.82 Å². The summed E-state index contributed by atoms with van der Waals surface area (Å²) in [5.41, 5.74) is 2.87. The van der Waals surface area contributed by atoms with Crippen molar-refractivity contribution in [3.05, 3.63) is 62.8 Å². The van der Waals surface area contributed by atoms with Crippen molar-refractivity contribution in [3.63, 3.8) is 0 Å². The summed E-state index contributed by atoms with van der Waals surface area (Å²) in [6.45, 7) is 0. The standard InChI is InChI=1S/C15H12BrClFN/c16-12-8-9(17)4-6-15(12)19-14-7-5-10-11(14)2-1-3-13(10)18/h1-4,6,8,14,19H,5,7H2. The molecule has 1 nitrogen and oxygen atoms in total. The predicted molar refractivity (Wildman–Crippen MR) is 80.2 cm³/mol. The minimum Gasteiger partial charge on any atom is -0.377 e. The van der Waals surface area contributed by atoms with Gasteiger partial charge in [-0.2, -0.15) is 0 Å². The monoisotopic (exact) mass is 339 g/mol. The molecule has 1 N–H and O–H groups in total. The summed E-state index contributed by atoms with van der Waals surface area (Å²) in [4.78, 5) is 0. The van der Waals surface area contributed by atoms with Crippen LogP contribution < -0.4 is 5.32 Å². The maximum atomic E-state index is 13.7. The van der Waals surface area contributed by atoms with E-state index in [2.05, 4.69) is 21.2 Å². The van der Waals surface area contributed by atoms with Gasteiger partial charge in [-0.05, 0) is 64.2 Å². The van der Waals surface area contributed by atoms with Crippen LogP contribution in [-0.4, -0.2) is 0 Å². The Balaban J connectivity index is 1.89. The van der Waals surface area contributed by atoms with Gasteiger partial charge in [0.25, 0.3) is 0 Å². The van der Waals surface area contributed by atoms with Gasteiger partial charge in [-0.15, -0.1) is 0 Å². The van der Waals surface area contributed by atoms with Gasteiger partial charge in [0, 0.05) is 15.2 Å². The Morgan fingerprint density at radius 1 is 1.26 bits per heavy atom. The van der Waals surface area contributed by atoms with Crippen LogP contribution in [-0.2, 0) is 6.42 Å². The number of halogens is 3. The minimum absolute atomic E-state index is 0.100. The third-order valence-corrected chi connectivity index (χ3v) is 4.37. The molecule has 0 aromatic heterocycles. The van der Waals surface area contributed by atoms with Crippen molar-refractivity contribution in [2.24, 2.45) is 0 Å². The molecule has 0 fully saturated rings. The lowest BCUT2D eigenvalue weighted by Crippen LogP contribution is -2.07. The fraction of sp³-hybridized carbons (Fsp3) is 0.200. The molecule has 0 heterocycles. The molecule has 98 valence electrons. The molecule has 0 bridgehead atoms. The SMILES string of the molecule is Fc1cccc2c1CCC2Nc1ccc(Cl)cc1Br. The van der Waals surface area contributed by atoms with E-state index in [0.29, 0.717) is 5.02 Å². The van der Waals surface area contributed by atoms with Crippen molar-refractivity contribution in [1.29, 1.82) is 0 Å². The van der Waals surface area contributed by atoms with Crippen LogP contribution in [0.1, 0.15) is 23.6 Å². The van der Waals surface area contributed by atoms with Crippen LogP contribution in [0.15, 0.2) is 40.9 Å². The summed E-state index contributed by atoms with van der Waals surface area (Å²) >= 11 is 9.42. The van der Waals surface area contributed by atoms with Crippen LogP contribution in [0.4, 0.5) is 10.1 Å². The second kappa shape index (κ2) is 5.14. The molecule has 1 aliphatic carbocycles. The second-order valence-electron chi connectivity index (χ2n) is 4.67. The molecular weight excluding hydrogens is 329 g/mol. The molecule has 19 heavy (non-hydrogen) atoms. The Kier molecular flexibility index (Phi) is 3.50. The molecular formula is C15H12BrClFN. The van der Waals surface area contributed by atoms with Gasteiger partial charge >= 0.3 is 0 Å². The summed E-state index contributed by atoms with van der Waals surface area (Å²) in [6, 6.07) is 11.1. The lowest BCUT2D eigenvalue weighted by Gasteiger charge is -2.17. The van der Waals surface area contributed by atoms with E-state index < -0.39 is 0 Å². The Bertz CT molecular complexity index is 630. The van der Waals surface area contributed by atoms with Gasteiger partial charge in [-0.1, -0.05) is 23.7 Å². The highest BCUT2D eigenvalue weighted by Gasteiger charge is 2.24. The third-order valence-electron chi connectivity index (χ3n) is 3.47. The molecule has 0 aliphatic heterocycles. The quantitative estimate of drug-likeness (QED) is 0.778. The number of hydrogen-bond acceptors (Lipinski definition) is 1. The molecule has 0 radical (unpaired) electrons. The van der Waals surface area contributed by atoms with Crippen molar-refractivity contribution in [1.82, 2.24) is 0 Å². The van der Waals surface area contributed by atoms with E-state index >= 15 is 0 Å². The molecule has 0 spiro atoms. The maximum absolute atomic E-state index is 13.7. The number of rotatable bonds is 2. The zero-order valence-corrected chi connectivity index (χ0v) is 12.4. The first-order valence-electron chi connectivity index (χ1n) is 6.14. The molecule has 1 atom stereocenters. The van der Waals surface area contributed by atoms with E-state index in [4.69, 9.17) is 11.6 Å². The Morgan fingerprint density at radius 2 is 2.11 bits per heavy atom. The number of hydrogen-bond donors (Lipinski definition) is 1.